The van der Waals surface area contributed by atoms with Gasteiger partial charge >= 0.3 is 0 Å². The highest BCUT2D eigenvalue weighted by molar-refractivity contribution is 5.35. The lowest BCUT2D eigenvalue weighted by Crippen LogP contribution is -2.33. The number of aliphatic hydroxyl groups excluding tert-OH is 1. The highest BCUT2D eigenvalue weighted by Crippen LogP contribution is 2.27. The Bertz CT molecular complexity index is 716. The maximum Gasteiger partial charge on any atom is 0.167 e. The number of rotatable bonds is 4. The van der Waals surface area contributed by atoms with Crippen LogP contribution in [0, 0.1) is 11.6 Å². The van der Waals surface area contributed by atoms with Gasteiger partial charge in [-0.25, -0.2) is 8.78 Å². The van der Waals surface area contributed by atoms with Crippen LogP contribution in [0.4, 0.5) is 8.78 Å². The third kappa shape index (κ3) is 3.07. The second kappa shape index (κ2) is 6.25. The van der Waals surface area contributed by atoms with Gasteiger partial charge in [-0.3, -0.25) is 9.58 Å². The van der Waals surface area contributed by atoms with Crippen LogP contribution >= 0.6 is 0 Å². The molecule has 0 saturated carbocycles. The molecule has 1 aromatic heterocycles. The molecule has 2 aromatic rings. The van der Waals surface area contributed by atoms with E-state index in [0.29, 0.717) is 31.1 Å². The van der Waals surface area contributed by atoms with Crippen LogP contribution in [0.1, 0.15) is 30.0 Å². The molecule has 2 heterocycles. The summed E-state index contributed by atoms with van der Waals surface area (Å²) in [6, 6.07) is 4.35. The first-order valence-corrected chi connectivity index (χ1v) is 7.47. The van der Waals surface area contributed by atoms with Gasteiger partial charge in [0.2, 0.25) is 0 Å². The van der Waals surface area contributed by atoms with Crippen molar-refractivity contribution in [1.29, 1.82) is 0 Å². The Morgan fingerprint density at radius 3 is 2.83 bits per heavy atom. The molecular weight excluding hydrogens is 304 g/mol. The molecule has 0 unspecified atom stereocenters. The van der Waals surface area contributed by atoms with Crippen LogP contribution in [0.15, 0.2) is 18.2 Å². The van der Waals surface area contributed by atoms with E-state index < -0.39 is 17.7 Å². The van der Waals surface area contributed by atoms with Crippen LogP contribution in [0.25, 0.3) is 0 Å². The molecule has 1 aromatic carbocycles. The lowest BCUT2D eigenvalue weighted by Gasteiger charge is -2.28. The number of hydrogen-bond donors (Lipinski definition) is 1. The number of ether oxygens (including phenoxy) is 1. The minimum atomic E-state index is -0.876. The Kier molecular flexibility index (Phi) is 4.32. The Labute approximate surface area is 133 Å². The largest absolute Gasteiger partial charge is 0.496 e. The number of aliphatic hydroxyl groups is 1. The van der Waals surface area contributed by atoms with Gasteiger partial charge in [0.05, 0.1) is 31.1 Å². The minimum Gasteiger partial charge on any atom is -0.496 e. The van der Waals surface area contributed by atoms with E-state index in [1.807, 2.05) is 15.6 Å². The number of nitrogens with zero attached hydrogens (tertiary/aromatic N) is 3. The van der Waals surface area contributed by atoms with Crippen LogP contribution < -0.4 is 4.74 Å². The molecule has 0 saturated heterocycles. The number of fused-ring (bicyclic) bond motifs is 1. The van der Waals surface area contributed by atoms with Crippen molar-refractivity contribution in [2.45, 2.75) is 32.7 Å². The van der Waals surface area contributed by atoms with E-state index >= 15 is 0 Å². The van der Waals surface area contributed by atoms with E-state index in [2.05, 4.69) is 5.10 Å². The molecule has 7 heteroatoms. The molecule has 1 N–H and O–H groups in total. The molecule has 1 aliphatic rings. The summed E-state index contributed by atoms with van der Waals surface area (Å²) < 4.78 is 34.6. The van der Waals surface area contributed by atoms with Crippen LogP contribution in [-0.4, -0.2) is 33.4 Å². The summed E-state index contributed by atoms with van der Waals surface area (Å²) in [5.74, 6) is -1.40. The van der Waals surface area contributed by atoms with Crippen molar-refractivity contribution in [2.75, 3.05) is 13.7 Å². The van der Waals surface area contributed by atoms with Gasteiger partial charge in [-0.2, -0.15) is 5.10 Å². The van der Waals surface area contributed by atoms with E-state index in [0.717, 1.165) is 11.8 Å². The van der Waals surface area contributed by atoms with Crippen molar-refractivity contribution in [3.05, 3.63) is 46.8 Å². The first-order valence-electron chi connectivity index (χ1n) is 7.47. The average Bonchev–Trinajstić information content (AvgIpc) is 2.95. The van der Waals surface area contributed by atoms with Crippen LogP contribution in [0.2, 0.25) is 0 Å². The fourth-order valence-corrected chi connectivity index (χ4v) is 2.82. The minimum absolute atomic E-state index is 0.219. The number of methoxy groups -OCH3 is 1. The Hall–Kier alpha value is -1.99. The van der Waals surface area contributed by atoms with Crippen LogP contribution in [-0.2, 0) is 19.6 Å². The van der Waals surface area contributed by atoms with Crippen molar-refractivity contribution in [1.82, 2.24) is 14.7 Å². The number of aromatic nitrogens is 2. The summed E-state index contributed by atoms with van der Waals surface area (Å²) in [4.78, 5) is 2.00. The van der Waals surface area contributed by atoms with Gasteiger partial charge in [-0.1, -0.05) is 0 Å². The van der Waals surface area contributed by atoms with E-state index in [9.17, 15) is 13.9 Å². The van der Waals surface area contributed by atoms with Crippen LogP contribution in [0.5, 0.6) is 5.75 Å². The van der Waals surface area contributed by atoms with Crippen molar-refractivity contribution in [2.24, 2.45) is 0 Å². The lowest BCUT2D eigenvalue weighted by atomic mass is 10.1. The van der Waals surface area contributed by atoms with Crippen LogP contribution in [0.3, 0.4) is 0 Å². The topological polar surface area (TPSA) is 50.5 Å². The summed E-state index contributed by atoms with van der Waals surface area (Å²) in [6.07, 6.45) is -0.623. The second-order valence-corrected chi connectivity index (χ2v) is 5.71. The molecule has 0 amide bonds. The van der Waals surface area contributed by atoms with E-state index in [-0.39, 0.29) is 12.1 Å². The fourth-order valence-electron chi connectivity index (χ4n) is 2.82. The smallest absolute Gasteiger partial charge is 0.167 e. The molecular formula is C16H19F2N3O2. The normalized spacial score (nSPS) is 16.2. The predicted molar refractivity (Wildman–Crippen MR) is 79.9 cm³/mol. The fraction of sp³-hybridized carbons (Fsp3) is 0.438. The number of hydrogen-bond acceptors (Lipinski definition) is 4. The van der Waals surface area contributed by atoms with Crippen molar-refractivity contribution in [3.63, 3.8) is 0 Å². The third-order valence-electron chi connectivity index (χ3n) is 4.08. The third-order valence-corrected chi connectivity index (χ3v) is 4.08. The lowest BCUT2D eigenvalue weighted by molar-refractivity contribution is 0.188. The Balaban J connectivity index is 1.81. The number of benzene rings is 1. The van der Waals surface area contributed by atoms with E-state index in [4.69, 9.17) is 4.74 Å². The molecule has 0 aliphatic carbocycles. The van der Waals surface area contributed by atoms with Gasteiger partial charge in [0.15, 0.2) is 11.6 Å². The van der Waals surface area contributed by atoms with Gasteiger partial charge in [0, 0.05) is 25.2 Å². The molecule has 1 aliphatic heterocycles. The first kappa shape index (κ1) is 15.9. The molecule has 5 nitrogen and oxygen atoms in total. The predicted octanol–water partition coefficient (Wildman–Crippen LogP) is 2.24. The number of halogens is 2. The molecule has 23 heavy (non-hydrogen) atoms. The van der Waals surface area contributed by atoms with Gasteiger partial charge < -0.3 is 9.84 Å². The highest BCUT2D eigenvalue weighted by atomic mass is 19.2. The van der Waals surface area contributed by atoms with Gasteiger partial charge in [-0.05, 0) is 25.1 Å². The van der Waals surface area contributed by atoms with E-state index in [1.165, 1.54) is 13.2 Å². The second-order valence-electron chi connectivity index (χ2n) is 5.71. The molecule has 1 atom stereocenters. The molecule has 0 radical (unpaired) electrons. The maximum atomic E-state index is 14.1. The Morgan fingerprint density at radius 2 is 2.13 bits per heavy atom. The zero-order chi connectivity index (χ0) is 16.6. The first-order chi connectivity index (χ1) is 11.0. The zero-order valence-electron chi connectivity index (χ0n) is 13.1. The quantitative estimate of drug-likeness (QED) is 0.937. The Morgan fingerprint density at radius 1 is 1.35 bits per heavy atom. The van der Waals surface area contributed by atoms with Gasteiger partial charge in [0.25, 0.3) is 0 Å². The maximum absolute atomic E-state index is 14.1. The summed E-state index contributed by atoms with van der Waals surface area (Å²) in [5, 5.41) is 14.0. The summed E-state index contributed by atoms with van der Waals surface area (Å²) in [6.45, 7) is 3.77. The highest BCUT2D eigenvalue weighted by Gasteiger charge is 2.23. The standard InChI is InChI=1S/C16H19F2N3O2/c1-10(22)14-7-11-8-20(5-6-21(11)19-14)9-12-15(23-2)4-3-13(17)16(12)18/h3-4,7,10,22H,5-6,8-9H2,1-2H3/t10-/m1/s1. The SMILES string of the molecule is COc1ccc(F)c(F)c1CN1CCn2nc([C@@H](C)O)cc2C1. The van der Waals surface area contributed by atoms with Crippen molar-refractivity contribution >= 4 is 0 Å². The molecule has 0 bridgehead atoms. The summed E-state index contributed by atoms with van der Waals surface area (Å²) in [5.41, 5.74) is 1.79. The molecule has 0 fully saturated rings. The van der Waals surface area contributed by atoms with Gasteiger partial charge in [-0.15, -0.1) is 0 Å². The molecule has 0 spiro atoms. The van der Waals surface area contributed by atoms with E-state index in [1.54, 1.807) is 6.92 Å². The molecule has 124 valence electrons. The summed E-state index contributed by atoms with van der Waals surface area (Å²) >= 11 is 0. The zero-order valence-corrected chi connectivity index (χ0v) is 13.1. The van der Waals surface area contributed by atoms with Gasteiger partial charge in [0.1, 0.15) is 5.75 Å². The van der Waals surface area contributed by atoms with Crippen molar-refractivity contribution < 1.29 is 18.6 Å². The monoisotopic (exact) mass is 323 g/mol. The summed E-state index contributed by atoms with van der Waals surface area (Å²) in [7, 11) is 1.44. The molecule has 3 rings (SSSR count). The van der Waals surface area contributed by atoms with Crippen molar-refractivity contribution in [3.8, 4) is 5.75 Å². The average molecular weight is 323 g/mol.